The summed E-state index contributed by atoms with van der Waals surface area (Å²) >= 11 is 0. The number of benzene rings is 2. The van der Waals surface area contributed by atoms with Crippen molar-refractivity contribution >= 4 is 24.8 Å². The Morgan fingerprint density at radius 2 is 1.25 bits per heavy atom. The van der Waals surface area contributed by atoms with Crippen molar-refractivity contribution in [1.29, 1.82) is 0 Å². The van der Waals surface area contributed by atoms with Crippen LogP contribution in [0.15, 0.2) is 54.6 Å². The first-order valence-electron chi connectivity index (χ1n) is 4.21. The fraction of sp³-hybridized carbons (Fsp3) is 0. The molecule has 1 nitrogen and oxygen atoms in total. The predicted octanol–water partition coefficient (Wildman–Crippen LogP) is 3.90. The summed E-state index contributed by atoms with van der Waals surface area (Å²) in [5.74, 6) is 0.307. The molecule has 4 heteroatoms. The van der Waals surface area contributed by atoms with Crippen LogP contribution in [0, 0.1) is 0 Å². The normalized spacial score (nSPS) is 8.00. The Hall–Kier alpha value is -0.466. The van der Waals surface area contributed by atoms with E-state index in [1.165, 1.54) is 0 Å². The zero-order valence-corrected chi connectivity index (χ0v) is 11.7. The van der Waals surface area contributed by atoms with E-state index in [1.54, 1.807) is 12.1 Å². The van der Waals surface area contributed by atoms with Gasteiger partial charge in [0.15, 0.2) is 0 Å². The summed E-state index contributed by atoms with van der Waals surface area (Å²) in [6.45, 7) is 0. The van der Waals surface area contributed by atoms with E-state index in [0.29, 0.717) is 5.75 Å². The molecular weight excluding hydrogens is 279 g/mol. The molecular formula is C12H12Cl2OTi. The molecule has 0 atom stereocenters. The van der Waals surface area contributed by atoms with Gasteiger partial charge in [0.1, 0.15) is 5.75 Å². The van der Waals surface area contributed by atoms with Crippen LogP contribution in [0.3, 0.4) is 0 Å². The van der Waals surface area contributed by atoms with Gasteiger partial charge >= 0.3 is 0 Å². The number of aromatic hydroxyl groups is 1. The van der Waals surface area contributed by atoms with Crippen molar-refractivity contribution in [3.63, 3.8) is 0 Å². The fourth-order valence-corrected chi connectivity index (χ4v) is 1.32. The molecule has 0 spiro atoms. The Morgan fingerprint density at radius 1 is 0.688 bits per heavy atom. The summed E-state index contributed by atoms with van der Waals surface area (Å²) in [4.78, 5) is 0. The van der Waals surface area contributed by atoms with Crippen molar-refractivity contribution in [3.8, 4) is 16.9 Å². The molecule has 0 aliphatic rings. The maximum atomic E-state index is 9.27. The Balaban J connectivity index is 0. The summed E-state index contributed by atoms with van der Waals surface area (Å²) in [5, 5.41) is 9.27. The van der Waals surface area contributed by atoms with Crippen molar-refractivity contribution in [2.45, 2.75) is 0 Å². The standard InChI is InChI=1S/C12H10O.2ClH.Ti/c13-12-8-4-7-11(9-12)10-5-2-1-3-6-10;;;/h1-9,13H;2*1H;. The Bertz CT molecular complexity index is 407. The molecule has 0 aromatic heterocycles. The molecule has 2 rings (SSSR count). The van der Waals surface area contributed by atoms with Crippen molar-refractivity contribution < 1.29 is 26.8 Å². The van der Waals surface area contributed by atoms with Gasteiger partial charge in [0.2, 0.25) is 0 Å². The van der Waals surface area contributed by atoms with Crippen molar-refractivity contribution in [2.75, 3.05) is 0 Å². The van der Waals surface area contributed by atoms with E-state index >= 15 is 0 Å². The summed E-state index contributed by atoms with van der Waals surface area (Å²) < 4.78 is 0. The molecule has 0 aliphatic carbocycles. The molecule has 0 saturated heterocycles. The van der Waals surface area contributed by atoms with Crippen molar-refractivity contribution in [2.24, 2.45) is 0 Å². The number of phenolic OH excluding ortho intramolecular Hbond substituents is 1. The van der Waals surface area contributed by atoms with E-state index in [1.807, 2.05) is 42.5 Å². The SMILES string of the molecule is Cl.Cl.Oc1cccc(-c2ccccc2)c1.[Ti]. The maximum absolute atomic E-state index is 9.27. The summed E-state index contributed by atoms with van der Waals surface area (Å²) in [6, 6.07) is 17.3. The van der Waals surface area contributed by atoms with Crippen LogP contribution in [0.1, 0.15) is 0 Å². The second-order valence-electron chi connectivity index (χ2n) is 2.92. The van der Waals surface area contributed by atoms with E-state index in [9.17, 15) is 5.11 Å². The van der Waals surface area contributed by atoms with Gasteiger partial charge in [0, 0.05) is 21.7 Å². The van der Waals surface area contributed by atoms with Crippen LogP contribution >= 0.6 is 24.8 Å². The molecule has 0 amide bonds. The van der Waals surface area contributed by atoms with Crippen LogP contribution in [-0.2, 0) is 21.7 Å². The third-order valence-electron chi connectivity index (χ3n) is 1.95. The van der Waals surface area contributed by atoms with Gasteiger partial charge in [0.25, 0.3) is 0 Å². The van der Waals surface area contributed by atoms with Gasteiger partial charge in [-0.05, 0) is 23.3 Å². The number of hydrogen-bond donors (Lipinski definition) is 1. The smallest absolute Gasteiger partial charge is 0.116 e. The third-order valence-corrected chi connectivity index (χ3v) is 1.95. The molecule has 84 valence electrons. The zero-order valence-electron chi connectivity index (χ0n) is 8.46. The zero-order chi connectivity index (χ0) is 9.10. The molecule has 0 bridgehead atoms. The van der Waals surface area contributed by atoms with Crippen LogP contribution in [-0.4, -0.2) is 5.11 Å². The molecule has 0 fully saturated rings. The molecule has 0 saturated carbocycles. The van der Waals surface area contributed by atoms with Crippen molar-refractivity contribution in [1.82, 2.24) is 0 Å². The number of rotatable bonds is 1. The average Bonchev–Trinajstić information content (AvgIpc) is 2.19. The first-order valence-corrected chi connectivity index (χ1v) is 4.21. The molecule has 0 heterocycles. The monoisotopic (exact) mass is 290 g/mol. The second-order valence-corrected chi connectivity index (χ2v) is 2.92. The molecule has 0 unspecified atom stereocenters. The number of phenols is 1. The predicted molar refractivity (Wildman–Crippen MR) is 68.0 cm³/mol. The fourth-order valence-electron chi connectivity index (χ4n) is 1.32. The first-order chi connectivity index (χ1) is 6.36. The number of hydrogen-bond acceptors (Lipinski definition) is 1. The van der Waals surface area contributed by atoms with E-state index in [-0.39, 0.29) is 46.5 Å². The van der Waals surface area contributed by atoms with Crippen LogP contribution in [0.5, 0.6) is 5.75 Å². The molecule has 2 aromatic rings. The summed E-state index contributed by atoms with van der Waals surface area (Å²) in [7, 11) is 0. The van der Waals surface area contributed by atoms with Gasteiger partial charge in [-0.3, -0.25) is 0 Å². The van der Waals surface area contributed by atoms with Crippen molar-refractivity contribution in [3.05, 3.63) is 54.6 Å². The summed E-state index contributed by atoms with van der Waals surface area (Å²) in [6.07, 6.45) is 0. The van der Waals surface area contributed by atoms with Crippen LogP contribution in [0.4, 0.5) is 0 Å². The molecule has 0 aliphatic heterocycles. The van der Waals surface area contributed by atoms with Gasteiger partial charge in [0.05, 0.1) is 0 Å². The van der Waals surface area contributed by atoms with Gasteiger partial charge in [-0.25, -0.2) is 0 Å². The van der Waals surface area contributed by atoms with Gasteiger partial charge < -0.3 is 5.11 Å². The second kappa shape index (κ2) is 8.66. The minimum absolute atomic E-state index is 0. The van der Waals surface area contributed by atoms with Gasteiger partial charge in [-0.2, -0.15) is 0 Å². The van der Waals surface area contributed by atoms with Crippen LogP contribution < -0.4 is 0 Å². The molecule has 16 heavy (non-hydrogen) atoms. The van der Waals surface area contributed by atoms with Gasteiger partial charge in [-0.1, -0.05) is 42.5 Å². The molecule has 1 N–H and O–H groups in total. The Morgan fingerprint density at radius 3 is 1.81 bits per heavy atom. The van der Waals surface area contributed by atoms with E-state index in [4.69, 9.17) is 0 Å². The molecule has 2 aromatic carbocycles. The van der Waals surface area contributed by atoms with Crippen LogP contribution in [0.25, 0.3) is 11.1 Å². The average molecular weight is 291 g/mol. The minimum atomic E-state index is 0. The third kappa shape index (κ3) is 4.59. The van der Waals surface area contributed by atoms with Crippen LogP contribution in [0.2, 0.25) is 0 Å². The van der Waals surface area contributed by atoms with Gasteiger partial charge in [-0.15, -0.1) is 24.8 Å². The minimum Gasteiger partial charge on any atom is -0.508 e. The summed E-state index contributed by atoms with van der Waals surface area (Å²) in [5.41, 5.74) is 2.17. The molecule has 0 radical (unpaired) electrons. The first kappa shape index (κ1) is 17.9. The van der Waals surface area contributed by atoms with E-state index in [0.717, 1.165) is 11.1 Å². The topological polar surface area (TPSA) is 20.2 Å². The Labute approximate surface area is 123 Å². The number of halogens is 2. The maximum Gasteiger partial charge on any atom is 0.116 e. The Kier molecular flexibility index (Phi) is 9.70. The van der Waals surface area contributed by atoms with E-state index in [2.05, 4.69) is 0 Å². The quantitative estimate of drug-likeness (QED) is 0.790. The van der Waals surface area contributed by atoms with E-state index < -0.39 is 0 Å². The largest absolute Gasteiger partial charge is 0.508 e.